The number of aliphatic hydroxyl groups is 1. The van der Waals surface area contributed by atoms with E-state index >= 15 is 0 Å². The van der Waals surface area contributed by atoms with Crippen LogP contribution >= 0.6 is 0 Å². The third-order valence-corrected chi connectivity index (χ3v) is 2.51. The molecule has 0 spiro atoms. The molecule has 2 rings (SSSR count). The van der Waals surface area contributed by atoms with Crippen LogP contribution in [0.1, 0.15) is 18.1 Å². The predicted molar refractivity (Wildman–Crippen MR) is 59.3 cm³/mol. The van der Waals surface area contributed by atoms with Gasteiger partial charge >= 0.3 is 0 Å². The van der Waals surface area contributed by atoms with Crippen molar-refractivity contribution in [3.8, 4) is 6.07 Å². The first kappa shape index (κ1) is 10.3. The molecule has 1 heterocycles. The molecule has 1 aromatic carbocycles. The molecule has 0 amide bonds. The van der Waals surface area contributed by atoms with E-state index in [1.807, 2.05) is 36.4 Å². The highest BCUT2D eigenvalue weighted by Crippen LogP contribution is 2.34. The summed E-state index contributed by atoms with van der Waals surface area (Å²) in [5.74, 6) is 0.285. The standard InChI is InChI=1S/C13H11NO2/c1-9-11(8-14)12(15)7-13(16-9)10-5-3-2-4-6-10/h2-6,13,15H,1,7H2. The van der Waals surface area contributed by atoms with Crippen molar-refractivity contribution in [3.63, 3.8) is 0 Å². The number of hydrogen-bond donors (Lipinski definition) is 1. The molecule has 0 bridgehead atoms. The first-order valence-electron chi connectivity index (χ1n) is 4.95. The lowest BCUT2D eigenvalue weighted by molar-refractivity contribution is 0.0969. The number of aliphatic hydroxyl groups excluding tert-OH is 1. The first-order chi connectivity index (χ1) is 7.72. The number of allylic oxidation sites excluding steroid dienone is 1. The molecule has 1 N–H and O–H groups in total. The van der Waals surface area contributed by atoms with Gasteiger partial charge in [0.1, 0.15) is 29.3 Å². The van der Waals surface area contributed by atoms with Gasteiger partial charge in [0.05, 0.1) is 0 Å². The molecule has 0 saturated heterocycles. The Balaban J connectivity index is 2.29. The van der Waals surface area contributed by atoms with Crippen LogP contribution in [0.2, 0.25) is 0 Å². The minimum Gasteiger partial charge on any atom is -0.511 e. The summed E-state index contributed by atoms with van der Waals surface area (Å²) in [7, 11) is 0. The van der Waals surface area contributed by atoms with Crippen molar-refractivity contribution in [1.82, 2.24) is 0 Å². The fourth-order valence-corrected chi connectivity index (χ4v) is 1.69. The zero-order valence-electron chi connectivity index (χ0n) is 8.68. The molecule has 3 heteroatoms. The smallest absolute Gasteiger partial charge is 0.134 e. The Labute approximate surface area is 93.9 Å². The highest BCUT2D eigenvalue weighted by Gasteiger charge is 2.25. The average Bonchev–Trinajstić information content (AvgIpc) is 2.30. The van der Waals surface area contributed by atoms with E-state index in [9.17, 15) is 5.11 Å². The lowest BCUT2D eigenvalue weighted by Crippen LogP contribution is -2.13. The molecule has 1 unspecified atom stereocenters. The second kappa shape index (κ2) is 4.11. The summed E-state index contributed by atoms with van der Waals surface area (Å²) in [6.45, 7) is 3.63. The van der Waals surface area contributed by atoms with Crippen LogP contribution in [0, 0.1) is 11.3 Å². The van der Waals surface area contributed by atoms with Gasteiger partial charge in [-0.1, -0.05) is 36.9 Å². The quantitative estimate of drug-likeness (QED) is 0.780. The SMILES string of the molecule is C=C1OC(c2ccccc2)CC(O)=C1C#N. The molecule has 0 fully saturated rings. The van der Waals surface area contributed by atoms with E-state index in [0.29, 0.717) is 6.42 Å². The van der Waals surface area contributed by atoms with Crippen LogP contribution in [0.25, 0.3) is 0 Å². The van der Waals surface area contributed by atoms with Crippen LogP contribution in [-0.2, 0) is 4.74 Å². The van der Waals surface area contributed by atoms with E-state index in [-0.39, 0.29) is 23.2 Å². The van der Waals surface area contributed by atoms with Gasteiger partial charge < -0.3 is 9.84 Å². The van der Waals surface area contributed by atoms with Crippen molar-refractivity contribution in [2.45, 2.75) is 12.5 Å². The Morgan fingerprint density at radius 2 is 2.06 bits per heavy atom. The van der Waals surface area contributed by atoms with Crippen LogP contribution in [-0.4, -0.2) is 5.11 Å². The van der Waals surface area contributed by atoms with Crippen LogP contribution in [0.3, 0.4) is 0 Å². The Morgan fingerprint density at radius 1 is 1.38 bits per heavy atom. The zero-order valence-corrected chi connectivity index (χ0v) is 8.68. The van der Waals surface area contributed by atoms with Crippen molar-refractivity contribution >= 4 is 0 Å². The molecule has 0 aromatic heterocycles. The van der Waals surface area contributed by atoms with Gasteiger partial charge in [-0.3, -0.25) is 0 Å². The van der Waals surface area contributed by atoms with Gasteiger partial charge in [0.2, 0.25) is 0 Å². The molecule has 0 aliphatic carbocycles. The van der Waals surface area contributed by atoms with Crippen LogP contribution < -0.4 is 0 Å². The van der Waals surface area contributed by atoms with Crippen LogP contribution in [0.4, 0.5) is 0 Å². The second-order valence-corrected chi connectivity index (χ2v) is 3.58. The van der Waals surface area contributed by atoms with Gasteiger partial charge in [0.25, 0.3) is 0 Å². The van der Waals surface area contributed by atoms with Crippen molar-refractivity contribution < 1.29 is 9.84 Å². The lowest BCUT2D eigenvalue weighted by atomic mass is 10.00. The van der Waals surface area contributed by atoms with Crippen molar-refractivity contribution in [3.05, 3.63) is 59.6 Å². The number of ether oxygens (including phenoxy) is 1. The summed E-state index contributed by atoms with van der Waals surface area (Å²) in [5, 5.41) is 18.5. The predicted octanol–water partition coefficient (Wildman–Crippen LogP) is 3.00. The Hall–Kier alpha value is -2.21. The van der Waals surface area contributed by atoms with E-state index in [1.54, 1.807) is 0 Å². The third kappa shape index (κ3) is 1.78. The van der Waals surface area contributed by atoms with E-state index in [2.05, 4.69) is 6.58 Å². The zero-order chi connectivity index (χ0) is 11.5. The summed E-state index contributed by atoms with van der Waals surface area (Å²) < 4.78 is 5.51. The van der Waals surface area contributed by atoms with Crippen LogP contribution in [0.15, 0.2) is 54.0 Å². The Bertz CT molecular complexity index is 482. The molecule has 80 valence electrons. The summed E-state index contributed by atoms with van der Waals surface area (Å²) in [5.41, 5.74) is 1.11. The van der Waals surface area contributed by atoms with E-state index in [4.69, 9.17) is 10.00 Å². The molecule has 1 aliphatic heterocycles. The summed E-state index contributed by atoms with van der Waals surface area (Å²) in [6, 6.07) is 11.4. The number of rotatable bonds is 1. The highest BCUT2D eigenvalue weighted by atomic mass is 16.5. The summed E-state index contributed by atoms with van der Waals surface area (Å²) >= 11 is 0. The van der Waals surface area contributed by atoms with Gasteiger partial charge in [-0.15, -0.1) is 0 Å². The monoisotopic (exact) mass is 213 g/mol. The van der Waals surface area contributed by atoms with E-state index < -0.39 is 0 Å². The molecule has 0 radical (unpaired) electrons. The van der Waals surface area contributed by atoms with Crippen molar-refractivity contribution in [1.29, 1.82) is 5.26 Å². The first-order valence-corrected chi connectivity index (χ1v) is 4.95. The molecule has 1 aromatic rings. The molecule has 16 heavy (non-hydrogen) atoms. The molecule has 3 nitrogen and oxygen atoms in total. The van der Waals surface area contributed by atoms with E-state index in [1.165, 1.54) is 0 Å². The molecular weight excluding hydrogens is 202 g/mol. The molecule has 1 atom stereocenters. The maximum absolute atomic E-state index is 9.69. The average molecular weight is 213 g/mol. The fourth-order valence-electron chi connectivity index (χ4n) is 1.69. The number of benzene rings is 1. The fraction of sp³-hybridized carbons (Fsp3) is 0.154. The largest absolute Gasteiger partial charge is 0.511 e. The maximum atomic E-state index is 9.69. The maximum Gasteiger partial charge on any atom is 0.134 e. The topological polar surface area (TPSA) is 53.2 Å². The normalized spacial score (nSPS) is 20.2. The Kier molecular flexibility index (Phi) is 2.65. The van der Waals surface area contributed by atoms with Gasteiger partial charge in [0, 0.05) is 6.42 Å². The van der Waals surface area contributed by atoms with Crippen LogP contribution in [0.5, 0.6) is 0 Å². The summed E-state index contributed by atoms with van der Waals surface area (Å²) in [4.78, 5) is 0. The molecular formula is C13H11NO2. The lowest BCUT2D eigenvalue weighted by Gasteiger charge is -2.25. The van der Waals surface area contributed by atoms with E-state index in [0.717, 1.165) is 5.56 Å². The molecule has 1 aliphatic rings. The number of nitriles is 1. The number of nitrogens with zero attached hydrogens (tertiary/aromatic N) is 1. The number of hydrogen-bond acceptors (Lipinski definition) is 3. The van der Waals surface area contributed by atoms with Gasteiger partial charge in [-0.05, 0) is 5.56 Å². The second-order valence-electron chi connectivity index (χ2n) is 3.58. The highest BCUT2D eigenvalue weighted by molar-refractivity contribution is 5.41. The van der Waals surface area contributed by atoms with Gasteiger partial charge in [-0.2, -0.15) is 5.26 Å². The summed E-state index contributed by atoms with van der Waals surface area (Å²) in [6.07, 6.45) is 0.0529. The van der Waals surface area contributed by atoms with Gasteiger partial charge in [-0.25, -0.2) is 0 Å². The molecule has 0 saturated carbocycles. The van der Waals surface area contributed by atoms with Crippen molar-refractivity contribution in [2.75, 3.05) is 0 Å². The van der Waals surface area contributed by atoms with Crippen molar-refractivity contribution in [2.24, 2.45) is 0 Å². The minimum atomic E-state index is -0.259. The Morgan fingerprint density at radius 3 is 2.62 bits per heavy atom. The third-order valence-electron chi connectivity index (χ3n) is 2.51. The minimum absolute atomic E-state index is 0.0487. The van der Waals surface area contributed by atoms with Gasteiger partial charge in [0.15, 0.2) is 0 Å².